The first-order valence-electron chi connectivity index (χ1n) is 2.89. The van der Waals surface area contributed by atoms with Crippen molar-refractivity contribution in [1.29, 1.82) is 0 Å². The summed E-state index contributed by atoms with van der Waals surface area (Å²) in [6, 6.07) is 0. The molecule has 1 radical (unpaired) electrons. The molecule has 0 fully saturated rings. The van der Waals surface area contributed by atoms with Gasteiger partial charge in [0.2, 0.25) is 6.79 Å². The van der Waals surface area contributed by atoms with Crippen LogP contribution < -0.4 is 0 Å². The van der Waals surface area contributed by atoms with Gasteiger partial charge in [0.25, 0.3) is 0 Å². The van der Waals surface area contributed by atoms with Gasteiger partial charge in [-0.05, 0) is 20.8 Å². The van der Waals surface area contributed by atoms with E-state index in [1.807, 2.05) is 0 Å². The van der Waals surface area contributed by atoms with Gasteiger partial charge in [-0.15, -0.1) is 0 Å². The monoisotopic (exact) mass is 147 g/mol. The third-order valence-electron chi connectivity index (χ3n) is 0.566. The van der Waals surface area contributed by atoms with E-state index < -0.39 is 18.5 Å². The summed E-state index contributed by atoms with van der Waals surface area (Å²) in [5.74, 6) is 0. The molecular weight excluding hydrogens is 136 g/mol. The molecule has 0 aliphatic carbocycles. The van der Waals surface area contributed by atoms with Crippen LogP contribution in [0.4, 0.5) is 4.79 Å². The largest absolute Gasteiger partial charge is 0.511 e. The zero-order chi connectivity index (χ0) is 8.20. The van der Waals surface area contributed by atoms with Crippen LogP contribution in [-0.2, 0) is 14.6 Å². The van der Waals surface area contributed by atoms with Crippen LogP contribution in [0.2, 0.25) is 0 Å². The highest BCUT2D eigenvalue weighted by Gasteiger charge is 2.16. The third kappa shape index (κ3) is 5.37. The van der Waals surface area contributed by atoms with Crippen LogP contribution in [0.15, 0.2) is 0 Å². The predicted molar refractivity (Wildman–Crippen MR) is 32.9 cm³/mol. The average Bonchev–Trinajstić information content (AvgIpc) is 1.59. The van der Waals surface area contributed by atoms with E-state index in [1.165, 1.54) is 0 Å². The summed E-state index contributed by atoms with van der Waals surface area (Å²) in [5, 5.41) is 9.70. The molecule has 0 aliphatic rings. The van der Waals surface area contributed by atoms with Gasteiger partial charge in [0.05, 0.1) is 0 Å². The first-order chi connectivity index (χ1) is 4.45. The van der Waals surface area contributed by atoms with E-state index in [2.05, 4.69) is 9.47 Å². The molecule has 0 aliphatic heterocycles. The van der Waals surface area contributed by atoms with Gasteiger partial charge in [0, 0.05) is 0 Å². The first-order valence-corrected chi connectivity index (χ1v) is 2.89. The smallest absolute Gasteiger partial charge is 0.429 e. The molecule has 0 N–H and O–H groups in total. The predicted octanol–water partition coefficient (Wildman–Crippen LogP) is 1.33. The van der Waals surface area contributed by atoms with E-state index in [9.17, 15) is 9.90 Å². The van der Waals surface area contributed by atoms with Crippen molar-refractivity contribution in [1.82, 2.24) is 0 Å². The second-order valence-corrected chi connectivity index (χ2v) is 2.73. The highest BCUT2D eigenvalue weighted by Crippen LogP contribution is 2.07. The van der Waals surface area contributed by atoms with Gasteiger partial charge in [0.15, 0.2) is 0 Å². The van der Waals surface area contributed by atoms with Crippen LogP contribution in [0.5, 0.6) is 0 Å². The molecule has 10 heavy (non-hydrogen) atoms. The molecule has 0 aromatic heterocycles. The quantitative estimate of drug-likeness (QED) is 0.415. The van der Waals surface area contributed by atoms with Crippen molar-refractivity contribution in [2.45, 2.75) is 26.4 Å². The summed E-state index contributed by atoms with van der Waals surface area (Å²) in [6.45, 7) is 4.19. The van der Waals surface area contributed by atoms with Gasteiger partial charge >= 0.3 is 6.16 Å². The molecule has 0 saturated heterocycles. The summed E-state index contributed by atoms with van der Waals surface area (Å²) in [6.07, 6.45) is -0.914. The Balaban J connectivity index is 3.58. The van der Waals surface area contributed by atoms with Gasteiger partial charge in [-0.25, -0.2) is 4.79 Å². The lowest BCUT2D eigenvalue weighted by molar-refractivity contribution is -0.0624. The lowest BCUT2D eigenvalue weighted by atomic mass is 10.2. The molecule has 0 rings (SSSR count). The number of carbonyl (C=O) groups excluding carboxylic acids is 1. The SMILES string of the molecule is CC(C)(C)OC(=O)OC[O]. The standard InChI is InChI=1S/C6H11O4/c1-6(2,3)10-5(8)9-4-7/h4H2,1-3H3. The fourth-order valence-corrected chi connectivity index (χ4v) is 0.328. The topological polar surface area (TPSA) is 55.4 Å². The summed E-state index contributed by atoms with van der Waals surface area (Å²) in [4.78, 5) is 10.4. The molecule has 0 spiro atoms. The average molecular weight is 147 g/mol. The van der Waals surface area contributed by atoms with Gasteiger partial charge in [-0.1, -0.05) is 0 Å². The number of hydrogen-bond donors (Lipinski definition) is 0. The zero-order valence-corrected chi connectivity index (χ0v) is 6.34. The zero-order valence-electron chi connectivity index (χ0n) is 6.34. The number of ether oxygens (including phenoxy) is 2. The van der Waals surface area contributed by atoms with Crippen LogP contribution in [-0.4, -0.2) is 18.5 Å². The van der Waals surface area contributed by atoms with Crippen LogP contribution >= 0.6 is 0 Å². The highest BCUT2D eigenvalue weighted by atomic mass is 16.8. The highest BCUT2D eigenvalue weighted by molar-refractivity contribution is 5.60. The molecule has 0 bridgehead atoms. The molecule has 0 amide bonds. The number of carbonyl (C=O) groups is 1. The molecular formula is C6H11O4. The summed E-state index contributed by atoms with van der Waals surface area (Å²) in [7, 11) is 0. The van der Waals surface area contributed by atoms with Crippen molar-refractivity contribution in [3.05, 3.63) is 0 Å². The van der Waals surface area contributed by atoms with E-state index in [1.54, 1.807) is 20.8 Å². The minimum absolute atomic E-state index is 0.591. The van der Waals surface area contributed by atoms with Crippen LogP contribution in [0.25, 0.3) is 0 Å². The van der Waals surface area contributed by atoms with E-state index >= 15 is 0 Å². The number of hydrogen-bond acceptors (Lipinski definition) is 3. The Labute approximate surface area is 59.7 Å². The normalized spacial score (nSPS) is 10.8. The van der Waals surface area contributed by atoms with E-state index in [-0.39, 0.29) is 0 Å². The lowest BCUT2D eigenvalue weighted by Crippen LogP contribution is -2.24. The Morgan fingerprint density at radius 1 is 1.40 bits per heavy atom. The van der Waals surface area contributed by atoms with Crippen molar-refractivity contribution in [2.24, 2.45) is 0 Å². The maximum absolute atomic E-state index is 10.4. The summed E-state index contributed by atoms with van der Waals surface area (Å²) in [5.41, 5.74) is -0.591. The third-order valence-corrected chi connectivity index (χ3v) is 0.566. The van der Waals surface area contributed by atoms with E-state index in [4.69, 9.17) is 0 Å². The maximum atomic E-state index is 10.4. The molecule has 4 heteroatoms. The molecule has 0 saturated carbocycles. The van der Waals surface area contributed by atoms with E-state index in [0.717, 1.165) is 0 Å². The van der Waals surface area contributed by atoms with Crippen molar-refractivity contribution >= 4 is 6.16 Å². The molecule has 0 heterocycles. The Kier molecular flexibility index (Phi) is 3.15. The summed E-state index contributed by atoms with van der Waals surface area (Å²) < 4.78 is 8.62. The molecule has 4 nitrogen and oxygen atoms in total. The van der Waals surface area contributed by atoms with E-state index in [0.29, 0.717) is 0 Å². The Morgan fingerprint density at radius 3 is 2.20 bits per heavy atom. The molecule has 0 unspecified atom stereocenters. The minimum Gasteiger partial charge on any atom is -0.429 e. The lowest BCUT2D eigenvalue weighted by Gasteiger charge is -2.17. The molecule has 59 valence electrons. The molecule has 0 aromatic rings. The second kappa shape index (κ2) is 3.41. The van der Waals surface area contributed by atoms with Gasteiger partial charge in [-0.2, -0.15) is 5.11 Å². The van der Waals surface area contributed by atoms with Crippen molar-refractivity contribution in [2.75, 3.05) is 6.79 Å². The van der Waals surface area contributed by atoms with Crippen molar-refractivity contribution in [3.8, 4) is 0 Å². The first kappa shape index (κ1) is 9.23. The summed E-state index contributed by atoms with van der Waals surface area (Å²) >= 11 is 0. The minimum atomic E-state index is -0.914. The molecule has 0 aromatic carbocycles. The van der Waals surface area contributed by atoms with Gasteiger partial charge < -0.3 is 9.47 Å². The van der Waals surface area contributed by atoms with Crippen molar-refractivity contribution in [3.63, 3.8) is 0 Å². The number of rotatable bonds is 1. The Bertz CT molecular complexity index is 113. The maximum Gasteiger partial charge on any atom is 0.511 e. The van der Waals surface area contributed by atoms with Gasteiger partial charge in [-0.3, -0.25) is 0 Å². The Morgan fingerprint density at radius 2 is 1.90 bits per heavy atom. The second-order valence-electron chi connectivity index (χ2n) is 2.73. The molecule has 0 atom stereocenters. The van der Waals surface area contributed by atoms with Crippen LogP contribution in [0.3, 0.4) is 0 Å². The fraction of sp³-hybridized carbons (Fsp3) is 0.833. The van der Waals surface area contributed by atoms with Crippen LogP contribution in [0.1, 0.15) is 20.8 Å². The Hall–Kier alpha value is -0.770. The fourth-order valence-electron chi connectivity index (χ4n) is 0.328. The van der Waals surface area contributed by atoms with Crippen LogP contribution in [0, 0.1) is 0 Å². The van der Waals surface area contributed by atoms with Gasteiger partial charge in [0.1, 0.15) is 5.60 Å². The van der Waals surface area contributed by atoms with Crippen molar-refractivity contribution < 1.29 is 19.4 Å².